The summed E-state index contributed by atoms with van der Waals surface area (Å²) in [4.78, 5) is 11.6. The van der Waals surface area contributed by atoms with Gasteiger partial charge in [0.1, 0.15) is 5.82 Å². The van der Waals surface area contributed by atoms with Gasteiger partial charge < -0.3 is 5.32 Å². The second kappa shape index (κ2) is 5.07. The summed E-state index contributed by atoms with van der Waals surface area (Å²) in [6, 6.07) is 5.51. The van der Waals surface area contributed by atoms with Gasteiger partial charge in [-0.2, -0.15) is 5.10 Å². The Hall–Kier alpha value is -1.17. The Labute approximate surface area is 123 Å². The Bertz CT molecular complexity index is 644. The summed E-state index contributed by atoms with van der Waals surface area (Å²) in [6.45, 7) is 0. The van der Waals surface area contributed by atoms with Gasteiger partial charge in [0, 0.05) is 5.56 Å². The lowest BCUT2D eigenvalue weighted by Crippen LogP contribution is -2.12. The average Bonchev–Trinajstić information content (AvgIpc) is 2.77. The third kappa shape index (κ3) is 2.33. The third-order valence-corrected chi connectivity index (χ3v) is 4.96. The Morgan fingerprint density at radius 1 is 1.32 bits per heavy atom. The van der Waals surface area contributed by atoms with Gasteiger partial charge in [0.05, 0.1) is 27.2 Å². The number of halogens is 2. The molecule has 1 unspecified atom stereocenters. The topological polar surface area (TPSA) is 57.8 Å². The quantitative estimate of drug-likeness (QED) is 0.847. The van der Waals surface area contributed by atoms with Gasteiger partial charge in [-0.15, -0.1) is 11.8 Å². The van der Waals surface area contributed by atoms with Gasteiger partial charge in [0.25, 0.3) is 0 Å². The van der Waals surface area contributed by atoms with Crippen molar-refractivity contribution in [1.82, 2.24) is 10.2 Å². The first-order valence-electron chi connectivity index (χ1n) is 5.55. The molecular weight excluding hydrogens is 305 g/mol. The maximum absolute atomic E-state index is 11.6. The summed E-state index contributed by atoms with van der Waals surface area (Å²) in [5.74, 6) is 0.919. The van der Waals surface area contributed by atoms with Crippen LogP contribution in [-0.4, -0.2) is 21.9 Å². The number of benzene rings is 1. The van der Waals surface area contributed by atoms with Crippen molar-refractivity contribution in [2.75, 3.05) is 11.1 Å². The monoisotopic (exact) mass is 313 g/mol. The number of carbonyl (C=O) groups excluding carboxylic acids is 1. The number of fused-ring (bicyclic) bond motifs is 1. The number of aromatic nitrogens is 2. The van der Waals surface area contributed by atoms with E-state index in [1.54, 1.807) is 12.3 Å². The van der Waals surface area contributed by atoms with Crippen molar-refractivity contribution in [3.8, 4) is 0 Å². The molecule has 0 bridgehead atoms. The SMILES string of the molecule is O=C1CSC(c2cccc(Cl)c2Cl)c2cn[nH]c2N1. The molecule has 3 rings (SSSR count). The molecule has 0 saturated carbocycles. The maximum Gasteiger partial charge on any atom is 0.235 e. The number of rotatable bonds is 1. The molecule has 4 nitrogen and oxygen atoms in total. The Morgan fingerprint density at radius 2 is 2.16 bits per heavy atom. The van der Waals surface area contributed by atoms with E-state index >= 15 is 0 Å². The fourth-order valence-corrected chi connectivity index (χ4v) is 3.61. The highest BCUT2D eigenvalue weighted by Gasteiger charge is 2.27. The summed E-state index contributed by atoms with van der Waals surface area (Å²) in [6.07, 6.45) is 1.70. The smallest absolute Gasteiger partial charge is 0.235 e. The summed E-state index contributed by atoms with van der Waals surface area (Å²) in [5, 5.41) is 10.5. The molecule has 2 aromatic rings. The van der Waals surface area contributed by atoms with Crippen LogP contribution < -0.4 is 5.32 Å². The number of amides is 1. The van der Waals surface area contributed by atoms with Gasteiger partial charge in [-0.3, -0.25) is 9.89 Å². The third-order valence-electron chi connectivity index (χ3n) is 2.86. The Morgan fingerprint density at radius 3 is 3.00 bits per heavy atom. The number of nitrogens with one attached hydrogen (secondary N) is 2. The van der Waals surface area contributed by atoms with Crippen molar-refractivity contribution in [2.45, 2.75) is 5.25 Å². The van der Waals surface area contributed by atoms with Crippen LogP contribution in [-0.2, 0) is 4.79 Å². The Kier molecular flexibility index (Phi) is 3.43. The number of hydrogen-bond acceptors (Lipinski definition) is 3. The van der Waals surface area contributed by atoms with Gasteiger partial charge in [-0.1, -0.05) is 35.3 Å². The average molecular weight is 314 g/mol. The van der Waals surface area contributed by atoms with Gasteiger partial charge >= 0.3 is 0 Å². The number of carbonyl (C=O) groups is 1. The molecular formula is C12H9Cl2N3OS. The lowest BCUT2D eigenvalue weighted by Gasteiger charge is -2.15. The number of hydrogen-bond donors (Lipinski definition) is 2. The minimum absolute atomic E-state index is 0.0591. The molecule has 1 aliphatic rings. The van der Waals surface area contributed by atoms with Crippen LogP contribution in [0.3, 0.4) is 0 Å². The largest absolute Gasteiger partial charge is 0.310 e. The lowest BCUT2D eigenvalue weighted by atomic mass is 10.1. The van der Waals surface area contributed by atoms with E-state index in [0.717, 1.165) is 11.1 Å². The zero-order chi connectivity index (χ0) is 13.4. The molecule has 1 aliphatic heterocycles. The van der Waals surface area contributed by atoms with Crippen molar-refractivity contribution in [1.29, 1.82) is 0 Å². The summed E-state index contributed by atoms with van der Waals surface area (Å²) >= 11 is 13.8. The van der Waals surface area contributed by atoms with E-state index in [9.17, 15) is 4.79 Å². The van der Waals surface area contributed by atoms with Crippen LogP contribution >= 0.6 is 35.0 Å². The van der Waals surface area contributed by atoms with E-state index in [4.69, 9.17) is 23.2 Å². The fraction of sp³-hybridized carbons (Fsp3) is 0.167. The zero-order valence-corrected chi connectivity index (χ0v) is 11.9. The number of H-pyrrole nitrogens is 1. The first kappa shape index (κ1) is 12.8. The van der Waals surface area contributed by atoms with Crippen LogP contribution in [0.15, 0.2) is 24.4 Å². The standard InChI is InChI=1S/C12H9Cl2N3OS/c13-8-3-1-2-6(10(8)14)11-7-4-15-17-12(7)16-9(18)5-19-11/h1-4,11H,5H2,(H2,15,16,17,18). The first-order chi connectivity index (χ1) is 9.16. The molecule has 0 aliphatic carbocycles. The highest BCUT2D eigenvalue weighted by atomic mass is 35.5. The number of anilines is 1. The zero-order valence-electron chi connectivity index (χ0n) is 9.61. The van der Waals surface area contributed by atoms with Crippen molar-refractivity contribution >= 4 is 46.7 Å². The molecule has 0 saturated heterocycles. The molecule has 1 amide bonds. The van der Waals surface area contributed by atoms with Gasteiger partial charge in [0.2, 0.25) is 5.91 Å². The summed E-state index contributed by atoms with van der Waals surface area (Å²) in [7, 11) is 0. The minimum Gasteiger partial charge on any atom is -0.310 e. The minimum atomic E-state index is -0.0705. The van der Waals surface area contributed by atoms with E-state index in [0.29, 0.717) is 21.6 Å². The Balaban J connectivity index is 2.11. The predicted molar refractivity (Wildman–Crippen MR) is 78.0 cm³/mol. The second-order valence-corrected chi connectivity index (χ2v) is 5.96. The van der Waals surface area contributed by atoms with Crippen molar-refractivity contribution in [3.05, 3.63) is 45.6 Å². The van der Waals surface area contributed by atoms with E-state index in [1.807, 2.05) is 12.1 Å². The lowest BCUT2D eigenvalue weighted by molar-refractivity contribution is -0.113. The van der Waals surface area contributed by atoms with Crippen LogP contribution in [0.25, 0.3) is 0 Å². The normalized spacial score (nSPS) is 18.6. The number of aromatic amines is 1. The van der Waals surface area contributed by atoms with E-state index in [2.05, 4.69) is 15.5 Å². The molecule has 0 spiro atoms. The molecule has 1 aromatic heterocycles. The van der Waals surface area contributed by atoms with Crippen LogP contribution in [0.4, 0.5) is 5.82 Å². The highest BCUT2D eigenvalue weighted by molar-refractivity contribution is 8.00. The number of thioether (sulfide) groups is 1. The molecule has 98 valence electrons. The molecule has 19 heavy (non-hydrogen) atoms. The summed E-state index contributed by atoms with van der Waals surface area (Å²) < 4.78 is 0. The highest BCUT2D eigenvalue weighted by Crippen LogP contribution is 2.44. The predicted octanol–water partition coefficient (Wildman–Crippen LogP) is 3.49. The molecule has 1 aromatic carbocycles. The van der Waals surface area contributed by atoms with Crippen LogP contribution in [0.5, 0.6) is 0 Å². The van der Waals surface area contributed by atoms with Crippen molar-refractivity contribution < 1.29 is 4.79 Å². The van der Waals surface area contributed by atoms with Gasteiger partial charge in [-0.25, -0.2) is 0 Å². The maximum atomic E-state index is 11.6. The number of nitrogens with zero attached hydrogens (tertiary/aromatic N) is 1. The van der Waals surface area contributed by atoms with Crippen LogP contribution in [0.2, 0.25) is 10.0 Å². The van der Waals surface area contributed by atoms with E-state index in [1.165, 1.54) is 11.8 Å². The van der Waals surface area contributed by atoms with Crippen molar-refractivity contribution in [2.24, 2.45) is 0 Å². The van der Waals surface area contributed by atoms with Crippen LogP contribution in [0.1, 0.15) is 16.4 Å². The first-order valence-corrected chi connectivity index (χ1v) is 7.36. The van der Waals surface area contributed by atoms with Gasteiger partial charge in [-0.05, 0) is 11.6 Å². The van der Waals surface area contributed by atoms with E-state index in [-0.39, 0.29) is 11.2 Å². The second-order valence-electron chi connectivity index (χ2n) is 4.08. The molecule has 0 fully saturated rings. The summed E-state index contributed by atoms with van der Waals surface area (Å²) in [5.41, 5.74) is 1.79. The molecule has 2 heterocycles. The van der Waals surface area contributed by atoms with Crippen LogP contribution in [0, 0.1) is 0 Å². The van der Waals surface area contributed by atoms with Crippen molar-refractivity contribution in [3.63, 3.8) is 0 Å². The molecule has 2 N–H and O–H groups in total. The molecule has 7 heteroatoms. The fourth-order valence-electron chi connectivity index (χ4n) is 2.00. The molecule has 0 radical (unpaired) electrons. The molecule has 1 atom stereocenters. The van der Waals surface area contributed by atoms with Gasteiger partial charge in [0.15, 0.2) is 0 Å². The van der Waals surface area contributed by atoms with E-state index < -0.39 is 0 Å².